The molecule has 2 rings (SSSR count). The second-order valence-electron chi connectivity index (χ2n) is 7.35. The monoisotopic (exact) mass is 380 g/mol. The van der Waals surface area contributed by atoms with Crippen molar-refractivity contribution < 1.29 is 19.1 Å². The van der Waals surface area contributed by atoms with Crippen LogP contribution in [0.2, 0.25) is 0 Å². The Labute approximate surface area is 165 Å². The van der Waals surface area contributed by atoms with Crippen LogP contribution in [0.25, 0.3) is 0 Å². The van der Waals surface area contributed by atoms with E-state index in [2.05, 4.69) is 26.1 Å². The molecule has 0 radical (unpaired) electrons. The highest BCUT2D eigenvalue weighted by Gasteiger charge is 2.21. The van der Waals surface area contributed by atoms with Crippen molar-refractivity contribution in [3.63, 3.8) is 0 Å². The van der Waals surface area contributed by atoms with Crippen LogP contribution in [0.15, 0.2) is 48.5 Å². The van der Waals surface area contributed by atoms with Crippen molar-refractivity contribution in [2.45, 2.75) is 39.2 Å². The maximum absolute atomic E-state index is 12.2. The molecule has 0 unspecified atom stereocenters. The molecule has 0 aliphatic rings. The summed E-state index contributed by atoms with van der Waals surface area (Å²) in [5.41, 5.74) is 1.73. The van der Waals surface area contributed by atoms with Crippen molar-refractivity contribution in [1.82, 2.24) is 0 Å². The number of nitriles is 1. The second kappa shape index (κ2) is 9.05. The highest BCUT2D eigenvalue weighted by atomic mass is 16.6. The highest BCUT2D eigenvalue weighted by molar-refractivity contribution is 5.95. The van der Waals surface area contributed by atoms with Crippen molar-refractivity contribution in [1.29, 1.82) is 5.26 Å². The number of carbonyl (C=O) groups excluding carboxylic acids is 2. The molecular weight excluding hydrogens is 356 g/mol. The molecule has 1 N–H and O–H groups in total. The van der Waals surface area contributed by atoms with Gasteiger partial charge in [0.05, 0.1) is 11.6 Å². The minimum Gasteiger partial charge on any atom is -0.482 e. The molecular formula is C22H24N2O4. The van der Waals surface area contributed by atoms with Gasteiger partial charge in [-0.05, 0) is 42.2 Å². The number of rotatable bonds is 6. The number of esters is 1. The second-order valence-corrected chi connectivity index (χ2v) is 7.35. The lowest BCUT2D eigenvalue weighted by Gasteiger charge is -2.22. The van der Waals surface area contributed by atoms with E-state index in [1.165, 1.54) is 6.92 Å². The third-order valence-electron chi connectivity index (χ3n) is 3.98. The maximum atomic E-state index is 12.2. The summed E-state index contributed by atoms with van der Waals surface area (Å²) in [6.45, 7) is 7.35. The number of para-hydroxylation sites is 1. The Kier molecular flexibility index (Phi) is 6.78. The Bertz CT molecular complexity index is 894. The molecule has 0 saturated carbocycles. The minimum absolute atomic E-state index is 0.133. The van der Waals surface area contributed by atoms with Crippen LogP contribution in [0, 0.1) is 11.3 Å². The molecule has 6 heteroatoms. The molecule has 1 atom stereocenters. The zero-order valence-corrected chi connectivity index (χ0v) is 16.5. The first-order valence-electron chi connectivity index (χ1n) is 8.93. The van der Waals surface area contributed by atoms with Gasteiger partial charge in [0.2, 0.25) is 0 Å². The molecule has 0 aliphatic heterocycles. The largest absolute Gasteiger partial charge is 0.482 e. The van der Waals surface area contributed by atoms with Crippen LogP contribution in [0.5, 0.6) is 5.75 Å². The fourth-order valence-corrected chi connectivity index (χ4v) is 2.54. The van der Waals surface area contributed by atoms with Gasteiger partial charge in [0.1, 0.15) is 5.75 Å². The molecule has 0 aliphatic carbocycles. The zero-order valence-electron chi connectivity index (χ0n) is 16.5. The van der Waals surface area contributed by atoms with E-state index in [1.807, 2.05) is 24.3 Å². The fraction of sp³-hybridized carbons (Fsp3) is 0.318. The summed E-state index contributed by atoms with van der Waals surface area (Å²) in [5.74, 6) is -0.520. The summed E-state index contributed by atoms with van der Waals surface area (Å²) in [4.78, 5) is 24.3. The molecule has 0 bridgehead atoms. The molecule has 6 nitrogen and oxygen atoms in total. The third kappa shape index (κ3) is 5.85. The molecule has 1 amide bonds. The zero-order chi connectivity index (χ0) is 20.7. The van der Waals surface area contributed by atoms with Crippen LogP contribution < -0.4 is 10.1 Å². The quantitative estimate of drug-likeness (QED) is 0.770. The van der Waals surface area contributed by atoms with Gasteiger partial charge in [0.25, 0.3) is 5.91 Å². The number of benzene rings is 2. The number of ether oxygens (including phenoxy) is 2. The number of nitrogens with zero attached hydrogens (tertiary/aromatic N) is 1. The van der Waals surface area contributed by atoms with Crippen LogP contribution in [0.4, 0.5) is 5.69 Å². The summed E-state index contributed by atoms with van der Waals surface area (Å²) in [7, 11) is 0. The van der Waals surface area contributed by atoms with Crippen molar-refractivity contribution in [2.24, 2.45) is 0 Å². The van der Waals surface area contributed by atoms with Crippen LogP contribution in [-0.4, -0.2) is 24.6 Å². The molecule has 2 aromatic carbocycles. The first-order chi connectivity index (χ1) is 13.2. The lowest BCUT2D eigenvalue weighted by Crippen LogP contribution is -2.31. The number of hydrogen-bond acceptors (Lipinski definition) is 5. The number of carbonyl (C=O) groups is 2. The Balaban J connectivity index is 1.91. The van der Waals surface area contributed by atoms with Crippen molar-refractivity contribution in [3.05, 3.63) is 59.7 Å². The topological polar surface area (TPSA) is 88.4 Å². The summed E-state index contributed by atoms with van der Waals surface area (Å²) >= 11 is 0. The van der Waals surface area contributed by atoms with Gasteiger partial charge in [-0.25, -0.2) is 4.79 Å². The van der Waals surface area contributed by atoms with E-state index in [-0.39, 0.29) is 12.0 Å². The Hall–Kier alpha value is -3.33. The van der Waals surface area contributed by atoms with E-state index in [9.17, 15) is 9.59 Å². The van der Waals surface area contributed by atoms with E-state index in [1.54, 1.807) is 30.3 Å². The molecule has 0 aromatic heterocycles. The molecule has 0 fully saturated rings. The van der Waals surface area contributed by atoms with Crippen LogP contribution in [-0.2, 0) is 19.7 Å². The van der Waals surface area contributed by atoms with Gasteiger partial charge in [-0.15, -0.1) is 0 Å². The number of nitrogens with one attached hydrogen (secondary N) is 1. The highest BCUT2D eigenvalue weighted by Crippen LogP contribution is 2.30. The SMILES string of the molecule is C[C@H](OC(=O)COc1ccccc1C(C)(C)C)C(=O)Nc1cccc(C#N)c1. The van der Waals surface area contributed by atoms with E-state index >= 15 is 0 Å². The first kappa shape index (κ1) is 21.0. The van der Waals surface area contributed by atoms with Gasteiger partial charge in [-0.1, -0.05) is 45.0 Å². The Morgan fingerprint density at radius 3 is 2.54 bits per heavy atom. The van der Waals surface area contributed by atoms with Crippen molar-refractivity contribution in [3.8, 4) is 11.8 Å². The molecule has 146 valence electrons. The van der Waals surface area contributed by atoms with E-state index < -0.39 is 18.0 Å². The average Bonchev–Trinajstić information content (AvgIpc) is 2.66. The summed E-state index contributed by atoms with van der Waals surface area (Å²) in [6, 6.07) is 16.0. The predicted octanol–water partition coefficient (Wildman–Crippen LogP) is 3.80. The normalized spacial score (nSPS) is 11.8. The van der Waals surface area contributed by atoms with Gasteiger partial charge < -0.3 is 14.8 Å². The van der Waals surface area contributed by atoms with Crippen LogP contribution >= 0.6 is 0 Å². The van der Waals surface area contributed by atoms with Gasteiger partial charge in [0.15, 0.2) is 12.7 Å². The van der Waals surface area contributed by atoms with Crippen LogP contribution in [0.1, 0.15) is 38.8 Å². The molecule has 0 saturated heterocycles. The average molecular weight is 380 g/mol. The van der Waals surface area contributed by atoms with E-state index in [0.29, 0.717) is 17.0 Å². The number of amides is 1. The van der Waals surface area contributed by atoms with E-state index in [4.69, 9.17) is 14.7 Å². The van der Waals surface area contributed by atoms with E-state index in [0.717, 1.165) is 5.56 Å². The molecule has 28 heavy (non-hydrogen) atoms. The number of hydrogen-bond donors (Lipinski definition) is 1. The Morgan fingerprint density at radius 2 is 1.86 bits per heavy atom. The standard InChI is InChI=1S/C22H24N2O4/c1-15(21(26)24-17-9-7-8-16(12-17)13-23)28-20(25)14-27-19-11-6-5-10-18(19)22(2,3)4/h5-12,15H,14H2,1-4H3,(H,24,26)/t15-/m0/s1. The van der Waals surface area contributed by atoms with Gasteiger partial charge in [0, 0.05) is 5.69 Å². The number of anilines is 1. The van der Waals surface area contributed by atoms with Gasteiger partial charge in [-0.2, -0.15) is 5.26 Å². The molecule has 2 aromatic rings. The lowest BCUT2D eigenvalue weighted by atomic mass is 9.86. The third-order valence-corrected chi connectivity index (χ3v) is 3.98. The summed E-state index contributed by atoms with van der Waals surface area (Å²) in [6.07, 6.45) is -1.00. The van der Waals surface area contributed by atoms with Crippen LogP contribution in [0.3, 0.4) is 0 Å². The predicted molar refractivity (Wildman–Crippen MR) is 106 cm³/mol. The smallest absolute Gasteiger partial charge is 0.344 e. The van der Waals surface area contributed by atoms with Crippen molar-refractivity contribution in [2.75, 3.05) is 11.9 Å². The van der Waals surface area contributed by atoms with Gasteiger partial charge in [-0.3, -0.25) is 4.79 Å². The molecule has 0 heterocycles. The Morgan fingerprint density at radius 1 is 1.14 bits per heavy atom. The molecule has 0 spiro atoms. The fourth-order valence-electron chi connectivity index (χ4n) is 2.54. The minimum atomic E-state index is -1.00. The first-order valence-corrected chi connectivity index (χ1v) is 8.93. The lowest BCUT2D eigenvalue weighted by molar-refractivity contribution is -0.155. The summed E-state index contributed by atoms with van der Waals surface area (Å²) < 4.78 is 10.8. The summed E-state index contributed by atoms with van der Waals surface area (Å²) in [5, 5.41) is 11.5. The van der Waals surface area contributed by atoms with Gasteiger partial charge >= 0.3 is 5.97 Å². The maximum Gasteiger partial charge on any atom is 0.344 e. The van der Waals surface area contributed by atoms with Crippen molar-refractivity contribution >= 4 is 17.6 Å².